The third kappa shape index (κ3) is 6.61. The van der Waals surface area contributed by atoms with Gasteiger partial charge in [-0.25, -0.2) is 0 Å². The summed E-state index contributed by atoms with van der Waals surface area (Å²) in [6.45, 7) is 4.32. The van der Waals surface area contributed by atoms with E-state index in [2.05, 4.69) is 4.90 Å². The smallest absolute Gasteiger partial charge is 0.305 e. The zero-order chi connectivity index (χ0) is 12.5. The van der Waals surface area contributed by atoms with E-state index in [-0.39, 0.29) is 12.5 Å². The Hall–Kier alpha value is -0.650. The number of likely N-dealkylation sites (tertiary alicyclic amines) is 1. The molecule has 100 valence electrons. The molecule has 1 aliphatic rings. The SMILES string of the molecule is COCCCN1CCC(OCCC(=O)O)CC1. The van der Waals surface area contributed by atoms with Gasteiger partial charge in [-0.3, -0.25) is 4.79 Å². The minimum atomic E-state index is -0.790. The van der Waals surface area contributed by atoms with Gasteiger partial charge in [-0.1, -0.05) is 0 Å². The van der Waals surface area contributed by atoms with Crippen molar-refractivity contribution in [1.82, 2.24) is 4.90 Å². The van der Waals surface area contributed by atoms with Gasteiger partial charge in [-0.05, 0) is 19.3 Å². The highest BCUT2D eigenvalue weighted by molar-refractivity contribution is 5.66. The summed E-state index contributed by atoms with van der Waals surface area (Å²) in [6, 6.07) is 0. The first kappa shape index (κ1) is 14.4. The molecule has 0 amide bonds. The summed E-state index contributed by atoms with van der Waals surface area (Å²) in [5, 5.41) is 8.51. The Morgan fingerprint density at radius 1 is 1.35 bits per heavy atom. The molecule has 17 heavy (non-hydrogen) atoms. The summed E-state index contributed by atoms with van der Waals surface area (Å²) in [5.74, 6) is -0.790. The summed E-state index contributed by atoms with van der Waals surface area (Å²) >= 11 is 0. The predicted molar refractivity (Wildman–Crippen MR) is 64.2 cm³/mol. The van der Waals surface area contributed by atoms with Crippen LogP contribution in [0.15, 0.2) is 0 Å². The van der Waals surface area contributed by atoms with Crippen molar-refractivity contribution in [3.8, 4) is 0 Å². The third-order valence-corrected chi connectivity index (χ3v) is 3.03. The molecule has 1 N–H and O–H groups in total. The van der Waals surface area contributed by atoms with Gasteiger partial charge in [0.15, 0.2) is 0 Å². The number of piperidine rings is 1. The molecule has 0 radical (unpaired) electrons. The van der Waals surface area contributed by atoms with Crippen LogP contribution in [0.2, 0.25) is 0 Å². The van der Waals surface area contributed by atoms with Gasteiger partial charge in [0.2, 0.25) is 0 Å². The molecule has 0 aliphatic carbocycles. The van der Waals surface area contributed by atoms with Crippen molar-refractivity contribution in [3.63, 3.8) is 0 Å². The zero-order valence-electron chi connectivity index (χ0n) is 10.6. The van der Waals surface area contributed by atoms with Crippen LogP contribution in [0.1, 0.15) is 25.7 Å². The Morgan fingerprint density at radius 2 is 2.06 bits per heavy atom. The molecule has 0 unspecified atom stereocenters. The number of methoxy groups -OCH3 is 1. The Balaban J connectivity index is 2.03. The first-order valence-electron chi connectivity index (χ1n) is 6.27. The van der Waals surface area contributed by atoms with Gasteiger partial charge < -0.3 is 19.5 Å². The maximum atomic E-state index is 10.3. The molecule has 0 spiro atoms. The molecule has 1 saturated heterocycles. The van der Waals surface area contributed by atoms with Crippen molar-refractivity contribution >= 4 is 5.97 Å². The van der Waals surface area contributed by atoms with Crippen molar-refractivity contribution in [2.45, 2.75) is 31.8 Å². The molecular weight excluding hydrogens is 222 g/mol. The fourth-order valence-electron chi connectivity index (χ4n) is 2.04. The second kappa shape index (κ2) is 8.44. The molecule has 1 aliphatic heterocycles. The summed E-state index contributed by atoms with van der Waals surface area (Å²) in [5.41, 5.74) is 0. The van der Waals surface area contributed by atoms with Crippen LogP contribution in [-0.4, -0.2) is 62.0 Å². The summed E-state index contributed by atoms with van der Waals surface area (Å²) < 4.78 is 10.6. The molecule has 0 aromatic rings. The standard InChI is InChI=1S/C12H23NO4/c1-16-9-2-6-13-7-3-11(4-8-13)17-10-5-12(14)15/h11H,2-10H2,1H3,(H,14,15). The number of rotatable bonds is 8. The quantitative estimate of drug-likeness (QED) is 0.646. The van der Waals surface area contributed by atoms with Crippen LogP contribution in [0.3, 0.4) is 0 Å². The minimum Gasteiger partial charge on any atom is -0.481 e. The lowest BCUT2D eigenvalue weighted by molar-refractivity contribution is -0.138. The molecule has 0 atom stereocenters. The van der Waals surface area contributed by atoms with Crippen LogP contribution in [0.25, 0.3) is 0 Å². The molecule has 5 nitrogen and oxygen atoms in total. The minimum absolute atomic E-state index is 0.105. The second-order valence-electron chi connectivity index (χ2n) is 4.40. The fraction of sp³-hybridized carbons (Fsp3) is 0.917. The van der Waals surface area contributed by atoms with E-state index in [1.807, 2.05) is 0 Å². The van der Waals surface area contributed by atoms with Crippen LogP contribution in [0.5, 0.6) is 0 Å². The van der Waals surface area contributed by atoms with E-state index < -0.39 is 5.97 Å². The summed E-state index contributed by atoms with van der Waals surface area (Å²) in [7, 11) is 1.72. The van der Waals surface area contributed by atoms with Gasteiger partial charge in [0.1, 0.15) is 0 Å². The van der Waals surface area contributed by atoms with Crippen molar-refractivity contribution in [1.29, 1.82) is 0 Å². The maximum Gasteiger partial charge on any atom is 0.305 e. The molecule has 0 aromatic carbocycles. The number of nitrogens with zero attached hydrogens (tertiary/aromatic N) is 1. The molecule has 1 fully saturated rings. The zero-order valence-corrected chi connectivity index (χ0v) is 10.6. The lowest BCUT2D eigenvalue weighted by atomic mass is 10.1. The van der Waals surface area contributed by atoms with Crippen molar-refractivity contribution in [2.24, 2.45) is 0 Å². The summed E-state index contributed by atoms with van der Waals surface area (Å²) in [6.07, 6.45) is 3.43. The predicted octanol–water partition coefficient (Wildman–Crippen LogP) is 0.979. The van der Waals surface area contributed by atoms with E-state index in [0.717, 1.165) is 45.5 Å². The number of hydrogen-bond donors (Lipinski definition) is 1. The first-order valence-corrected chi connectivity index (χ1v) is 6.27. The Kier molecular flexibility index (Phi) is 7.16. The van der Waals surface area contributed by atoms with Crippen molar-refractivity contribution in [2.75, 3.05) is 40.0 Å². The van der Waals surface area contributed by atoms with Gasteiger partial charge >= 0.3 is 5.97 Å². The second-order valence-corrected chi connectivity index (χ2v) is 4.40. The normalized spacial score (nSPS) is 18.4. The number of carboxylic acids is 1. The number of hydrogen-bond acceptors (Lipinski definition) is 4. The van der Waals surface area contributed by atoms with E-state index in [1.54, 1.807) is 7.11 Å². The van der Waals surface area contributed by atoms with E-state index in [0.29, 0.717) is 6.61 Å². The highest BCUT2D eigenvalue weighted by Crippen LogP contribution is 2.14. The van der Waals surface area contributed by atoms with Crippen LogP contribution in [0.4, 0.5) is 0 Å². The average Bonchev–Trinajstić information content (AvgIpc) is 2.31. The molecule has 0 bridgehead atoms. The number of carbonyl (C=O) groups is 1. The van der Waals surface area contributed by atoms with Crippen molar-refractivity contribution in [3.05, 3.63) is 0 Å². The van der Waals surface area contributed by atoms with Gasteiger partial charge in [0, 0.05) is 33.4 Å². The molecular formula is C12H23NO4. The van der Waals surface area contributed by atoms with E-state index >= 15 is 0 Å². The lowest BCUT2D eigenvalue weighted by Crippen LogP contribution is -2.38. The average molecular weight is 245 g/mol. The van der Waals surface area contributed by atoms with Gasteiger partial charge in [0.05, 0.1) is 19.1 Å². The van der Waals surface area contributed by atoms with Crippen LogP contribution in [-0.2, 0) is 14.3 Å². The number of aliphatic carboxylic acids is 1. The third-order valence-electron chi connectivity index (χ3n) is 3.03. The van der Waals surface area contributed by atoms with E-state index in [1.165, 1.54) is 0 Å². The van der Waals surface area contributed by atoms with Crippen LogP contribution < -0.4 is 0 Å². The van der Waals surface area contributed by atoms with E-state index in [4.69, 9.17) is 14.6 Å². The number of ether oxygens (including phenoxy) is 2. The molecule has 5 heteroatoms. The monoisotopic (exact) mass is 245 g/mol. The van der Waals surface area contributed by atoms with Crippen molar-refractivity contribution < 1.29 is 19.4 Å². The molecule has 0 saturated carbocycles. The van der Waals surface area contributed by atoms with Gasteiger partial charge in [-0.2, -0.15) is 0 Å². The van der Waals surface area contributed by atoms with Gasteiger partial charge in [-0.15, -0.1) is 0 Å². The van der Waals surface area contributed by atoms with Crippen LogP contribution >= 0.6 is 0 Å². The van der Waals surface area contributed by atoms with E-state index in [9.17, 15) is 4.79 Å². The highest BCUT2D eigenvalue weighted by atomic mass is 16.5. The van der Waals surface area contributed by atoms with Crippen LogP contribution in [0, 0.1) is 0 Å². The lowest BCUT2D eigenvalue weighted by Gasteiger charge is -2.31. The highest BCUT2D eigenvalue weighted by Gasteiger charge is 2.19. The fourth-order valence-corrected chi connectivity index (χ4v) is 2.04. The first-order chi connectivity index (χ1) is 8.22. The van der Waals surface area contributed by atoms with Gasteiger partial charge in [0.25, 0.3) is 0 Å². The Bertz CT molecular complexity index is 215. The largest absolute Gasteiger partial charge is 0.481 e. The Labute approximate surface area is 103 Å². The molecule has 1 rings (SSSR count). The maximum absolute atomic E-state index is 10.3. The molecule has 0 aromatic heterocycles. The number of carboxylic acid groups (broad SMARTS) is 1. The molecule has 1 heterocycles. The Morgan fingerprint density at radius 3 is 2.65 bits per heavy atom. The topological polar surface area (TPSA) is 59.0 Å². The summed E-state index contributed by atoms with van der Waals surface area (Å²) in [4.78, 5) is 12.8.